The monoisotopic (exact) mass is 438 g/mol. The molecule has 5 nitrogen and oxygen atoms in total. The number of halogens is 3. The van der Waals surface area contributed by atoms with Crippen LogP contribution in [0.15, 0.2) is 42.5 Å². The minimum atomic E-state index is -4.57. The number of nitrogens with one attached hydrogen (secondary N) is 1. The number of amides is 1. The molecule has 1 saturated heterocycles. The number of benzene rings is 2. The third-order valence-corrected chi connectivity index (χ3v) is 5.16. The summed E-state index contributed by atoms with van der Waals surface area (Å²) in [6.45, 7) is 1.36. The predicted octanol–water partition coefficient (Wildman–Crippen LogP) is 4.50. The summed E-state index contributed by atoms with van der Waals surface area (Å²) in [5, 5.41) is 2.24. The van der Waals surface area contributed by atoms with Crippen molar-refractivity contribution in [1.29, 1.82) is 0 Å². The molecule has 1 aliphatic heterocycles. The summed E-state index contributed by atoms with van der Waals surface area (Å²) in [4.78, 5) is 15.0. The first kappa shape index (κ1) is 21.9. The number of ether oxygens (including phenoxy) is 2. The van der Waals surface area contributed by atoms with Crippen molar-refractivity contribution in [3.8, 4) is 11.5 Å². The predicted molar refractivity (Wildman–Crippen MR) is 111 cm³/mol. The Labute approximate surface area is 177 Å². The van der Waals surface area contributed by atoms with Crippen LogP contribution in [0.3, 0.4) is 0 Å². The van der Waals surface area contributed by atoms with Crippen molar-refractivity contribution in [3.63, 3.8) is 0 Å². The molecule has 2 aromatic rings. The maximum Gasteiger partial charge on any atom is 0.418 e. The zero-order chi connectivity index (χ0) is 21.7. The number of carbonyl (C=O) groups excluding carboxylic acids is 1. The fourth-order valence-electron chi connectivity index (χ4n) is 3.19. The molecule has 0 unspecified atom stereocenters. The van der Waals surface area contributed by atoms with Crippen molar-refractivity contribution in [2.45, 2.75) is 19.0 Å². The summed E-state index contributed by atoms with van der Waals surface area (Å²) in [6.07, 6.45) is -2.37. The standard InChI is InChI=1S/C21H21F3N2O3S/c1-28-18-12-14(20(30)26-10-4-5-11-26)8-9-17(18)29-13-19(27)25-16-7-3-2-6-15(16)21(22,23)24/h2-3,6-9,12H,4-5,10-11,13H2,1H3,(H,25,27). The van der Waals surface area contributed by atoms with Crippen LogP contribution >= 0.6 is 12.2 Å². The molecule has 0 bridgehead atoms. The molecule has 2 aromatic carbocycles. The second-order valence-electron chi connectivity index (χ2n) is 6.75. The van der Waals surface area contributed by atoms with Crippen molar-refractivity contribution in [3.05, 3.63) is 53.6 Å². The van der Waals surface area contributed by atoms with E-state index in [1.807, 2.05) is 0 Å². The Kier molecular flexibility index (Phi) is 6.81. The number of alkyl halides is 3. The lowest BCUT2D eigenvalue weighted by Crippen LogP contribution is -2.26. The van der Waals surface area contributed by atoms with Crippen molar-refractivity contribution < 1.29 is 27.4 Å². The van der Waals surface area contributed by atoms with Gasteiger partial charge in [-0.15, -0.1) is 0 Å². The van der Waals surface area contributed by atoms with Crippen LogP contribution in [-0.2, 0) is 11.0 Å². The quantitative estimate of drug-likeness (QED) is 0.673. The maximum absolute atomic E-state index is 13.1. The number of hydrogen-bond acceptors (Lipinski definition) is 4. The summed E-state index contributed by atoms with van der Waals surface area (Å²) < 4.78 is 50.0. The van der Waals surface area contributed by atoms with E-state index >= 15 is 0 Å². The average molecular weight is 438 g/mol. The zero-order valence-electron chi connectivity index (χ0n) is 16.3. The van der Waals surface area contributed by atoms with Crippen LogP contribution in [0.2, 0.25) is 0 Å². The molecular formula is C21H21F3N2O3S. The lowest BCUT2D eigenvalue weighted by Gasteiger charge is -2.20. The van der Waals surface area contributed by atoms with Crippen molar-refractivity contribution in [2.75, 3.05) is 32.1 Å². The van der Waals surface area contributed by atoms with E-state index in [1.54, 1.807) is 18.2 Å². The minimum Gasteiger partial charge on any atom is -0.493 e. The van der Waals surface area contributed by atoms with Gasteiger partial charge in [-0.05, 0) is 43.2 Å². The van der Waals surface area contributed by atoms with E-state index in [0.717, 1.165) is 42.5 Å². The maximum atomic E-state index is 13.1. The fourth-order valence-corrected chi connectivity index (χ4v) is 3.50. The number of methoxy groups -OCH3 is 1. The van der Waals surface area contributed by atoms with Crippen molar-refractivity contribution >= 4 is 28.8 Å². The van der Waals surface area contributed by atoms with Crippen LogP contribution in [0.5, 0.6) is 11.5 Å². The van der Waals surface area contributed by atoms with Gasteiger partial charge in [0.2, 0.25) is 0 Å². The van der Waals surface area contributed by atoms with Crippen molar-refractivity contribution in [1.82, 2.24) is 4.90 Å². The Balaban J connectivity index is 1.65. The number of nitrogens with zero attached hydrogens (tertiary/aromatic N) is 1. The second kappa shape index (κ2) is 9.34. The summed E-state index contributed by atoms with van der Waals surface area (Å²) in [7, 11) is 1.46. The van der Waals surface area contributed by atoms with E-state index in [4.69, 9.17) is 21.7 Å². The molecule has 9 heteroatoms. The largest absolute Gasteiger partial charge is 0.493 e. The number of thiocarbonyl (C=S) groups is 1. The zero-order valence-corrected chi connectivity index (χ0v) is 17.1. The first-order valence-corrected chi connectivity index (χ1v) is 9.76. The van der Waals surface area contributed by atoms with E-state index in [1.165, 1.54) is 25.3 Å². The van der Waals surface area contributed by atoms with Gasteiger partial charge in [-0.25, -0.2) is 0 Å². The molecule has 0 spiro atoms. The van der Waals surface area contributed by atoms with E-state index in [-0.39, 0.29) is 5.69 Å². The van der Waals surface area contributed by atoms with Crippen LogP contribution in [0.25, 0.3) is 0 Å². The Hall–Kier alpha value is -2.81. The number of rotatable bonds is 6. The van der Waals surface area contributed by atoms with E-state index in [9.17, 15) is 18.0 Å². The average Bonchev–Trinajstić information content (AvgIpc) is 3.26. The van der Waals surface area contributed by atoms with Gasteiger partial charge in [0.25, 0.3) is 5.91 Å². The van der Waals surface area contributed by atoms with Crippen molar-refractivity contribution in [2.24, 2.45) is 0 Å². The molecule has 1 aliphatic rings. The van der Waals surface area contributed by atoms with Gasteiger partial charge in [-0.3, -0.25) is 4.79 Å². The SMILES string of the molecule is COc1cc(C(=S)N2CCCC2)ccc1OCC(=O)Nc1ccccc1C(F)(F)F. The summed E-state index contributed by atoms with van der Waals surface area (Å²) in [6, 6.07) is 9.90. The molecule has 0 radical (unpaired) electrons. The summed E-state index contributed by atoms with van der Waals surface area (Å²) in [5.41, 5.74) is -0.438. The number of carbonyl (C=O) groups is 1. The lowest BCUT2D eigenvalue weighted by molar-refractivity contribution is -0.137. The van der Waals surface area contributed by atoms with Crippen LogP contribution < -0.4 is 14.8 Å². The molecular weight excluding hydrogens is 417 g/mol. The Morgan fingerprint density at radius 3 is 2.50 bits per heavy atom. The van der Waals surface area contributed by atoms with Gasteiger partial charge < -0.3 is 19.7 Å². The first-order chi connectivity index (χ1) is 14.3. The number of anilines is 1. The lowest BCUT2D eigenvalue weighted by atomic mass is 10.1. The van der Waals surface area contributed by atoms with Gasteiger partial charge in [0, 0.05) is 18.7 Å². The van der Waals surface area contributed by atoms with Crippen LogP contribution in [0, 0.1) is 0 Å². The molecule has 0 saturated carbocycles. The third kappa shape index (κ3) is 5.21. The Bertz CT molecular complexity index is 928. The van der Waals surface area contributed by atoms with Crippen LogP contribution in [0.1, 0.15) is 24.0 Å². The Morgan fingerprint density at radius 2 is 1.83 bits per heavy atom. The molecule has 3 rings (SSSR count). The first-order valence-electron chi connectivity index (χ1n) is 9.36. The highest BCUT2D eigenvalue weighted by Crippen LogP contribution is 2.34. The minimum absolute atomic E-state index is 0.296. The van der Waals surface area contributed by atoms with E-state index in [2.05, 4.69) is 10.2 Å². The summed E-state index contributed by atoms with van der Waals surface area (Å²) in [5.74, 6) is -0.0346. The number of hydrogen-bond donors (Lipinski definition) is 1. The highest BCUT2D eigenvalue weighted by Gasteiger charge is 2.33. The molecule has 1 N–H and O–H groups in total. The fraction of sp³-hybridized carbons (Fsp3) is 0.333. The molecule has 1 amide bonds. The van der Waals surface area contributed by atoms with E-state index < -0.39 is 24.3 Å². The van der Waals surface area contributed by atoms with E-state index in [0.29, 0.717) is 11.5 Å². The third-order valence-electron chi connectivity index (χ3n) is 4.67. The van der Waals surface area contributed by atoms with Crippen LogP contribution in [-0.4, -0.2) is 42.6 Å². The Morgan fingerprint density at radius 1 is 1.13 bits per heavy atom. The topological polar surface area (TPSA) is 50.8 Å². The molecule has 160 valence electrons. The van der Waals surface area contributed by atoms with Gasteiger partial charge >= 0.3 is 6.18 Å². The second-order valence-corrected chi connectivity index (χ2v) is 7.13. The highest BCUT2D eigenvalue weighted by molar-refractivity contribution is 7.80. The number of likely N-dealkylation sites (tertiary alicyclic amines) is 1. The van der Waals surface area contributed by atoms with Gasteiger partial charge in [0.05, 0.1) is 18.4 Å². The summed E-state index contributed by atoms with van der Waals surface area (Å²) >= 11 is 5.53. The normalized spacial score (nSPS) is 13.8. The van der Waals surface area contributed by atoms with Gasteiger partial charge in [-0.1, -0.05) is 24.4 Å². The number of para-hydroxylation sites is 1. The van der Waals surface area contributed by atoms with Gasteiger partial charge in [-0.2, -0.15) is 13.2 Å². The molecule has 0 aliphatic carbocycles. The van der Waals surface area contributed by atoms with Gasteiger partial charge in [0.1, 0.15) is 4.99 Å². The molecule has 0 aromatic heterocycles. The molecule has 30 heavy (non-hydrogen) atoms. The van der Waals surface area contributed by atoms with Gasteiger partial charge in [0.15, 0.2) is 18.1 Å². The molecule has 1 fully saturated rings. The molecule has 0 atom stereocenters. The molecule has 1 heterocycles. The smallest absolute Gasteiger partial charge is 0.418 e. The highest BCUT2D eigenvalue weighted by atomic mass is 32.1. The van der Waals surface area contributed by atoms with Crippen LogP contribution in [0.4, 0.5) is 18.9 Å².